The van der Waals surface area contributed by atoms with Gasteiger partial charge in [0, 0.05) is 13.1 Å². The van der Waals surface area contributed by atoms with Gasteiger partial charge in [0.15, 0.2) is 0 Å². The van der Waals surface area contributed by atoms with Crippen LogP contribution in [0.2, 0.25) is 0 Å². The number of carbonyl (C=O) groups is 2. The average Bonchev–Trinajstić information content (AvgIpc) is 2.56. The summed E-state index contributed by atoms with van der Waals surface area (Å²) in [5.41, 5.74) is 0.156. The van der Waals surface area contributed by atoms with Crippen LogP contribution < -0.4 is 10.1 Å². The lowest BCUT2D eigenvalue weighted by Gasteiger charge is -2.27. The first-order valence-electron chi connectivity index (χ1n) is 8.12. The van der Waals surface area contributed by atoms with Gasteiger partial charge in [-0.25, -0.2) is 0 Å². The molecule has 1 aromatic carbocycles. The van der Waals surface area contributed by atoms with Gasteiger partial charge in [-0.2, -0.15) is 8.78 Å². The molecule has 2 amide bonds. The second-order valence-electron chi connectivity index (χ2n) is 5.52. The van der Waals surface area contributed by atoms with Crippen LogP contribution in [0.3, 0.4) is 0 Å². The Morgan fingerprint density at radius 3 is 2.36 bits per heavy atom. The van der Waals surface area contributed by atoms with Crippen LogP contribution in [-0.4, -0.2) is 60.9 Å². The number of amides is 2. The maximum absolute atomic E-state index is 12.4. The largest absolute Gasteiger partial charge is 0.433 e. The predicted octanol–water partition coefficient (Wildman–Crippen LogP) is 2.42. The Hall–Kier alpha value is -2.22. The van der Waals surface area contributed by atoms with Gasteiger partial charge in [-0.15, -0.1) is 0 Å². The number of carbonyl (C=O) groups excluding carboxylic acids is 2. The molecule has 0 heterocycles. The zero-order chi connectivity index (χ0) is 19.0. The first-order valence-corrected chi connectivity index (χ1v) is 8.12. The maximum atomic E-state index is 12.4. The third-order valence-corrected chi connectivity index (χ3v) is 3.90. The first-order chi connectivity index (χ1) is 11.8. The second kappa shape index (κ2) is 9.93. The predicted molar refractivity (Wildman–Crippen MR) is 91.7 cm³/mol. The van der Waals surface area contributed by atoms with E-state index in [1.165, 1.54) is 18.2 Å². The standard InChI is InChI=1S/C17H25F2N3O3/c1-5-22(6-2)15(23)11-21(4)12(3)16(24)20-13-9-7-8-10-14(13)25-17(18)19/h7-10,12,17H,5-6,11H2,1-4H3,(H,20,24). The molecule has 0 saturated heterocycles. The molecule has 8 heteroatoms. The Morgan fingerprint density at radius 2 is 1.80 bits per heavy atom. The molecule has 0 radical (unpaired) electrons. The van der Waals surface area contributed by atoms with Crippen molar-refractivity contribution in [1.82, 2.24) is 9.80 Å². The van der Waals surface area contributed by atoms with E-state index in [9.17, 15) is 18.4 Å². The molecule has 0 bridgehead atoms. The summed E-state index contributed by atoms with van der Waals surface area (Å²) in [5, 5.41) is 2.56. The number of ether oxygens (including phenoxy) is 1. The number of nitrogens with zero attached hydrogens (tertiary/aromatic N) is 2. The molecule has 1 rings (SSSR count). The number of para-hydroxylation sites is 2. The van der Waals surface area contributed by atoms with Gasteiger partial charge in [0.2, 0.25) is 11.8 Å². The highest BCUT2D eigenvalue weighted by molar-refractivity contribution is 5.96. The smallest absolute Gasteiger partial charge is 0.387 e. The number of nitrogens with one attached hydrogen (secondary N) is 1. The molecule has 1 N–H and O–H groups in total. The summed E-state index contributed by atoms with van der Waals surface area (Å²) in [6.07, 6.45) is 0. The van der Waals surface area contributed by atoms with Crippen LogP contribution in [0.4, 0.5) is 14.5 Å². The van der Waals surface area contributed by atoms with Crippen LogP contribution in [0.5, 0.6) is 5.75 Å². The van der Waals surface area contributed by atoms with Gasteiger partial charge in [0.05, 0.1) is 18.3 Å². The summed E-state index contributed by atoms with van der Waals surface area (Å²) in [6, 6.07) is 5.33. The summed E-state index contributed by atoms with van der Waals surface area (Å²) in [7, 11) is 1.66. The lowest BCUT2D eigenvalue weighted by molar-refractivity contribution is -0.133. The van der Waals surface area contributed by atoms with E-state index in [2.05, 4.69) is 10.1 Å². The molecule has 0 aliphatic carbocycles. The molecule has 0 aliphatic heterocycles. The highest BCUT2D eigenvalue weighted by atomic mass is 19.3. The lowest BCUT2D eigenvalue weighted by atomic mass is 10.2. The Morgan fingerprint density at radius 1 is 1.20 bits per heavy atom. The fourth-order valence-electron chi connectivity index (χ4n) is 2.23. The third-order valence-electron chi connectivity index (χ3n) is 3.90. The van der Waals surface area contributed by atoms with Crippen molar-refractivity contribution in [3.05, 3.63) is 24.3 Å². The molecule has 6 nitrogen and oxygen atoms in total. The van der Waals surface area contributed by atoms with Crippen molar-refractivity contribution < 1.29 is 23.1 Å². The van der Waals surface area contributed by atoms with Crippen molar-refractivity contribution in [3.8, 4) is 5.75 Å². The van der Waals surface area contributed by atoms with Crippen LogP contribution in [0.15, 0.2) is 24.3 Å². The Bertz CT molecular complexity index is 580. The quantitative estimate of drug-likeness (QED) is 0.737. The zero-order valence-electron chi connectivity index (χ0n) is 15.0. The third kappa shape index (κ3) is 6.30. The molecular weight excluding hydrogens is 332 g/mol. The van der Waals surface area contributed by atoms with Crippen LogP contribution >= 0.6 is 0 Å². The molecule has 1 unspecified atom stereocenters. The highest BCUT2D eigenvalue weighted by Gasteiger charge is 2.23. The molecule has 0 fully saturated rings. The van der Waals surface area contributed by atoms with Gasteiger partial charge in [-0.05, 0) is 40.0 Å². The SMILES string of the molecule is CCN(CC)C(=O)CN(C)C(C)C(=O)Nc1ccccc1OC(F)F. The Labute approximate surface area is 146 Å². The number of likely N-dealkylation sites (N-methyl/N-ethyl adjacent to an activating group) is 2. The fourth-order valence-corrected chi connectivity index (χ4v) is 2.23. The van der Waals surface area contributed by atoms with Gasteiger partial charge < -0.3 is 15.0 Å². The van der Waals surface area contributed by atoms with Crippen molar-refractivity contribution in [2.75, 3.05) is 32.0 Å². The van der Waals surface area contributed by atoms with E-state index < -0.39 is 18.6 Å². The lowest BCUT2D eigenvalue weighted by Crippen LogP contribution is -2.46. The van der Waals surface area contributed by atoms with Crippen molar-refractivity contribution >= 4 is 17.5 Å². The summed E-state index contributed by atoms with van der Waals surface area (Å²) >= 11 is 0. The Balaban J connectivity index is 2.72. The molecule has 0 saturated carbocycles. The highest BCUT2D eigenvalue weighted by Crippen LogP contribution is 2.25. The summed E-state index contributed by atoms with van der Waals surface area (Å²) in [4.78, 5) is 27.8. The number of hydrogen-bond acceptors (Lipinski definition) is 4. The molecule has 1 aromatic rings. The van der Waals surface area contributed by atoms with E-state index in [0.29, 0.717) is 13.1 Å². The molecule has 0 aliphatic rings. The second-order valence-corrected chi connectivity index (χ2v) is 5.52. The van der Waals surface area contributed by atoms with Crippen LogP contribution in [-0.2, 0) is 9.59 Å². The van der Waals surface area contributed by atoms with Crippen molar-refractivity contribution in [2.45, 2.75) is 33.4 Å². The van der Waals surface area contributed by atoms with Crippen molar-refractivity contribution in [3.63, 3.8) is 0 Å². The summed E-state index contributed by atoms with van der Waals surface area (Å²) in [6.45, 7) is 3.72. The minimum Gasteiger partial charge on any atom is -0.433 e. The van der Waals surface area contributed by atoms with E-state index in [-0.39, 0.29) is 23.9 Å². The van der Waals surface area contributed by atoms with E-state index >= 15 is 0 Å². The minimum atomic E-state index is -2.98. The van der Waals surface area contributed by atoms with E-state index in [4.69, 9.17) is 0 Å². The summed E-state index contributed by atoms with van der Waals surface area (Å²) < 4.78 is 29.2. The van der Waals surface area contributed by atoms with Crippen LogP contribution in [0.25, 0.3) is 0 Å². The van der Waals surface area contributed by atoms with Crippen molar-refractivity contribution in [1.29, 1.82) is 0 Å². The monoisotopic (exact) mass is 357 g/mol. The van der Waals surface area contributed by atoms with Crippen molar-refractivity contribution in [2.24, 2.45) is 0 Å². The normalized spacial score (nSPS) is 12.2. The van der Waals surface area contributed by atoms with Gasteiger partial charge in [-0.1, -0.05) is 12.1 Å². The number of anilines is 1. The Kier molecular flexibility index (Phi) is 8.27. The zero-order valence-corrected chi connectivity index (χ0v) is 15.0. The minimum absolute atomic E-state index is 0.0754. The average molecular weight is 357 g/mol. The van der Waals surface area contributed by atoms with E-state index in [1.807, 2.05) is 13.8 Å². The van der Waals surface area contributed by atoms with E-state index in [0.717, 1.165) is 0 Å². The number of rotatable bonds is 9. The fraction of sp³-hybridized carbons (Fsp3) is 0.529. The number of benzene rings is 1. The molecule has 0 spiro atoms. The van der Waals surface area contributed by atoms with Crippen LogP contribution in [0.1, 0.15) is 20.8 Å². The molecule has 25 heavy (non-hydrogen) atoms. The first kappa shape index (κ1) is 20.8. The maximum Gasteiger partial charge on any atom is 0.387 e. The molecular formula is C17H25F2N3O3. The van der Waals surface area contributed by atoms with Gasteiger partial charge in [-0.3, -0.25) is 14.5 Å². The summed E-state index contributed by atoms with van der Waals surface area (Å²) in [5.74, 6) is -0.603. The molecule has 1 atom stereocenters. The number of alkyl halides is 2. The topological polar surface area (TPSA) is 61.9 Å². The molecule has 0 aromatic heterocycles. The number of halogens is 2. The van der Waals surface area contributed by atoms with Gasteiger partial charge in [0.1, 0.15) is 5.75 Å². The van der Waals surface area contributed by atoms with Gasteiger partial charge >= 0.3 is 6.61 Å². The number of hydrogen-bond donors (Lipinski definition) is 1. The van der Waals surface area contributed by atoms with Crippen LogP contribution in [0, 0.1) is 0 Å². The molecule has 140 valence electrons. The van der Waals surface area contributed by atoms with Gasteiger partial charge in [0.25, 0.3) is 0 Å². The van der Waals surface area contributed by atoms with E-state index in [1.54, 1.807) is 29.8 Å².